The number of nitrogens with two attached hydrogens (primary N) is 1. The van der Waals surface area contributed by atoms with E-state index < -0.39 is 5.91 Å². The third-order valence-electron chi connectivity index (χ3n) is 6.15. The van der Waals surface area contributed by atoms with Crippen LogP contribution >= 0.6 is 11.6 Å². The quantitative estimate of drug-likeness (QED) is 0.391. The first-order chi connectivity index (χ1) is 17.5. The van der Waals surface area contributed by atoms with Crippen LogP contribution in [0.25, 0.3) is 22.2 Å². The Labute approximate surface area is 212 Å². The lowest BCUT2D eigenvalue weighted by Crippen LogP contribution is -2.40. The molecular weight excluding hydrogens is 480 g/mol. The van der Waals surface area contributed by atoms with Crippen molar-refractivity contribution in [2.75, 3.05) is 13.1 Å². The zero-order valence-electron chi connectivity index (χ0n) is 19.3. The maximum Gasteiger partial charge on any atom is 0.271 e. The summed E-state index contributed by atoms with van der Waals surface area (Å²) in [4.78, 5) is 33.9. The summed E-state index contributed by atoms with van der Waals surface area (Å²) in [6.07, 6.45) is 7.90. The van der Waals surface area contributed by atoms with Crippen molar-refractivity contribution in [1.29, 1.82) is 0 Å². The molecule has 0 aliphatic carbocycles. The predicted molar refractivity (Wildman–Crippen MR) is 136 cm³/mol. The number of carbonyl (C=O) groups is 2. The number of hydrogen-bond acceptors (Lipinski definition) is 6. The zero-order valence-corrected chi connectivity index (χ0v) is 20.1. The molecule has 9 nitrogen and oxygen atoms in total. The number of benzene rings is 1. The van der Waals surface area contributed by atoms with Crippen molar-refractivity contribution < 1.29 is 14.3 Å². The minimum absolute atomic E-state index is 0.0285. The summed E-state index contributed by atoms with van der Waals surface area (Å²) in [6.45, 7) is 4.83. The van der Waals surface area contributed by atoms with E-state index in [0.29, 0.717) is 23.9 Å². The Morgan fingerprint density at radius 2 is 2.00 bits per heavy atom. The van der Waals surface area contributed by atoms with E-state index in [1.165, 1.54) is 12.3 Å². The van der Waals surface area contributed by atoms with Crippen LogP contribution < -0.4 is 10.5 Å². The molecule has 1 saturated heterocycles. The molecule has 4 heterocycles. The van der Waals surface area contributed by atoms with Crippen molar-refractivity contribution in [3.63, 3.8) is 0 Å². The molecule has 2 N–H and O–H groups in total. The number of amides is 2. The number of ether oxygens (including phenoxy) is 1. The molecule has 10 heteroatoms. The van der Waals surface area contributed by atoms with Gasteiger partial charge in [-0.2, -0.15) is 5.10 Å². The van der Waals surface area contributed by atoms with Crippen molar-refractivity contribution >= 4 is 34.3 Å². The number of aromatic nitrogens is 4. The largest absolute Gasteiger partial charge is 0.455 e. The molecule has 1 aliphatic rings. The SMILES string of the molecule is C=CC(=O)N1CCC[C@@H](n2nc(-c3ccc(Oc4cccnc4C(N)=O)cc3)c3cncc(Cl)c32)C1. The Balaban J connectivity index is 1.49. The zero-order chi connectivity index (χ0) is 25.2. The second kappa shape index (κ2) is 9.79. The topological polar surface area (TPSA) is 116 Å². The first-order valence-electron chi connectivity index (χ1n) is 11.4. The van der Waals surface area contributed by atoms with Gasteiger partial charge >= 0.3 is 0 Å². The van der Waals surface area contributed by atoms with E-state index in [-0.39, 0.29) is 23.4 Å². The molecule has 0 spiro atoms. The van der Waals surface area contributed by atoms with E-state index in [2.05, 4.69) is 16.5 Å². The van der Waals surface area contributed by atoms with Crippen LogP contribution in [0.5, 0.6) is 11.5 Å². The summed E-state index contributed by atoms with van der Waals surface area (Å²) >= 11 is 6.58. The summed E-state index contributed by atoms with van der Waals surface area (Å²) in [5.74, 6) is 0.0342. The summed E-state index contributed by atoms with van der Waals surface area (Å²) in [5, 5.41) is 6.24. The molecule has 2 amide bonds. The number of likely N-dealkylation sites (tertiary alicyclic amines) is 1. The highest BCUT2D eigenvalue weighted by Gasteiger charge is 2.27. The number of nitrogens with zero attached hydrogens (tertiary/aromatic N) is 5. The van der Waals surface area contributed by atoms with Gasteiger partial charge in [-0.1, -0.05) is 18.2 Å². The van der Waals surface area contributed by atoms with Crippen molar-refractivity contribution in [2.24, 2.45) is 5.73 Å². The fourth-order valence-corrected chi connectivity index (χ4v) is 4.72. The number of rotatable bonds is 6. The van der Waals surface area contributed by atoms with Crippen LogP contribution in [0.3, 0.4) is 0 Å². The lowest BCUT2D eigenvalue weighted by Gasteiger charge is -2.32. The van der Waals surface area contributed by atoms with Gasteiger partial charge in [0, 0.05) is 42.6 Å². The number of fused-ring (bicyclic) bond motifs is 1. The Kier molecular flexibility index (Phi) is 6.39. The molecule has 36 heavy (non-hydrogen) atoms. The number of carbonyl (C=O) groups excluding carboxylic acids is 2. The highest BCUT2D eigenvalue weighted by atomic mass is 35.5. The molecule has 182 valence electrons. The highest BCUT2D eigenvalue weighted by molar-refractivity contribution is 6.35. The Hall–Kier alpha value is -4.24. The van der Waals surface area contributed by atoms with E-state index >= 15 is 0 Å². The summed E-state index contributed by atoms with van der Waals surface area (Å²) in [7, 11) is 0. The lowest BCUT2D eigenvalue weighted by atomic mass is 10.1. The van der Waals surface area contributed by atoms with Gasteiger partial charge in [0.1, 0.15) is 11.4 Å². The fourth-order valence-electron chi connectivity index (χ4n) is 4.47. The van der Waals surface area contributed by atoms with Crippen LogP contribution in [0.15, 0.2) is 67.6 Å². The minimum atomic E-state index is -0.667. The van der Waals surface area contributed by atoms with Gasteiger partial charge in [-0.3, -0.25) is 19.3 Å². The van der Waals surface area contributed by atoms with Gasteiger partial charge < -0.3 is 15.4 Å². The molecule has 1 atom stereocenters. The van der Waals surface area contributed by atoms with E-state index in [4.69, 9.17) is 27.2 Å². The monoisotopic (exact) mass is 502 g/mol. The Morgan fingerprint density at radius 3 is 2.75 bits per heavy atom. The molecule has 1 aliphatic heterocycles. The maximum atomic E-state index is 12.2. The first kappa shape index (κ1) is 23.5. The molecule has 1 aromatic carbocycles. The predicted octanol–water partition coefficient (Wildman–Crippen LogP) is 4.39. The molecule has 0 saturated carbocycles. The van der Waals surface area contributed by atoms with Crippen LogP contribution in [0.2, 0.25) is 5.02 Å². The molecule has 0 radical (unpaired) electrons. The van der Waals surface area contributed by atoms with Crippen molar-refractivity contribution in [3.05, 3.63) is 78.4 Å². The van der Waals surface area contributed by atoms with Gasteiger partial charge in [-0.15, -0.1) is 0 Å². The summed E-state index contributed by atoms with van der Waals surface area (Å²) < 4.78 is 7.76. The van der Waals surface area contributed by atoms with Gasteiger partial charge in [-0.05, 0) is 55.3 Å². The molecule has 0 unspecified atom stereocenters. The van der Waals surface area contributed by atoms with Crippen LogP contribution in [0.4, 0.5) is 0 Å². The number of primary amides is 1. The van der Waals surface area contributed by atoms with Crippen LogP contribution in [0, 0.1) is 0 Å². The van der Waals surface area contributed by atoms with E-state index in [9.17, 15) is 9.59 Å². The summed E-state index contributed by atoms with van der Waals surface area (Å²) in [5.41, 5.74) is 7.79. The maximum absolute atomic E-state index is 12.2. The third-order valence-corrected chi connectivity index (χ3v) is 6.43. The second-order valence-corrected chi connectivity index (χ2v) is 8.84. The van der Waals surface area contributed by atoms with Gasteiger partial charge in [0.15, 0.2) is 11.4 Å². The molecule has 1 fully saturated rings. The van der Waals surface area contributed by atoms with Crippen molar-refractivity contribution in [2.45, 2.75) is 18.9 Å². The van der Waals surface area contributed by atoms with E-state index in [1.807, 2.05) is 16.8 Å². The standard InChI is InChI=1S/C26H23ClN6O3/c1-2-22(34)32-12-4-5-17(15-32)33-25-19(13-29-14-20(25)27)23(31-33)16-7-9-18(10-8-16)36-21-6-3-11-30-24(21)26(28)35/h2-3,6-11,13-14,17H,1,4-5,12,15H2,(H2,28,35)/t17-/m1/s1. The van der Waals surface area contributed by atoms with Crippen LogP contribution in [0.1, 0.15) is 29.4 Å². The Morgan fingerprint density at radius 1 is 1.19 bits per heavy atom. The molecule has 0 bridgehead atoms. The van der Waals surface area contributed by atoms with Gasteiger partial charge in [0.2, 0.25) is 5.91 Å². The minimum Gasteiger partial charge on any atom is -0.455 e. The summed E-state index contributed by atoms with van der Waals surface area (Å²) in [6, 6.07) is 10.6. The third kappa shape index (κ3) is 4.40. The number of pyridine rings is 2. The fraction of sp³-hybridized carbons (Fsp3) is 0.192. The van der Waals surface area contributed by atoms with Gasteiger partial charge in [0.05, 0.1) is 16.6 Å². The van der Waals surface area contributed by atoms with Crippen LogP contribution in [-0.2, 0) is 4.79 Å². The van der Waals surface area contributed by atoms with Crippen molar-refractivity contribution in [3.8, 4) is 22.8 Å². The average molecular weight is 503 g/mol. The number of piperidine rings is 1. The molecule has 4 aromatic rings. The van der Waals surface area contributed by atoms with Gasteiger partial charge in [-0.25, -0.2) is 4.98 Å². The van der Waals surface area contributed by atoms with Crippen molar-refractivity contribution in [1.82, 2.24) is 24.6 Å². The van der Waals surface area contributed by atoms with Crippen LogP contribution in [-0.4, -0.2) is 49.6 Å². The van der Waals surface area contributed by atoms with E-state index in [0.717, 1.165) is 35.0 Å². The molecule has 3 aromatic heterocycles. The van der Waals surface area contributed by atoms with Gasteiger partial charge in [0.25, 0.3) is 5.91 Å². The normalized spacial score (nSPS) is 15.6. The smallest absolute Gasteiger partial charge is 0.271 e. The molecule has 5 rings (SSSR count). The number of halogens is 1. The second-order valence-electron chi connectivity index (χ2n) is 8.44. The molecular formula is C26H23ClN6O3. The number of hydrogen-bond donors (Lipinski definition) is 1. The average Bonchev–Trinajstić information content (AvgIpc) is 3.30. The Bertz CT molecular complexity index is 1470. The highest BCUT2D eigenvalue weighted by Crippen LogP contribution is 2.36. The first-order valence-corrected chi connectivity index (χ1v) is 11.8. The van der Waals surface area contributed by atoms with E-state index in [1.54, 1.807) is 41.6 Å². The lowest BCUT2D eigenvalue weighted by molar-refractivity contribution is -0.127.